The van der Waals surface area contributed by atoms with E-state index in [4.69, 9.17) is 0 Å². The van der Waals surface area contributed by atoms with E-state index in [2.05, 4.69) is 0 Å². The molecule has 2 heteroatoms. The predicted octanol–water partition coefficient (Wildman–Crippen LogP) is 4.58. The van der Waals surface area contributed by atoms with Gasteiger partial charge in [-0.2, -0.15) is 0 Å². The Morgan fingerprint density at radius 1 is 1.21 bits per heavy atom. The van der Waals surface area contributed by atoms with Crippen LogP contribution < -0.4 is 0 Å². The molecule has 0 saturated heterocycles. The van der Waals surface area contributed by atoms with Crippen molar-refractivity contribution in [2.75, 3.05) is 6.26 Å². The average Bonchev–Trinajstić information content (AvgIpc) is 2.25. The van der Waals surface area contributed by atoms with E-state index in [0.717, 1.165) is 5.56 Å². The minimum atomic E-state index is -0.185. The SMILES string of the molecule is C/C=C(\SC)c1ccc(F)cc1.CC. The fraction of sp³-hybridized carbons (Fsp3) is 0.333. The maximum Gasteiger partial charge on any atom is 0.123 e. The number of thioether (sulfide) groups is 1. The quantitative estimate of drug-likeness (QED) is 0.691. The van der Waals surface area contributed by atoms with Gasteiger partial charge in [0.1, 0.15) is 5.82 Å². The Kier molecular flexibility index (Phi) is 7.21. The highest BCUT2D eigenvalue weighted by Gasteiger charge is 1.97. The second-order valence-corrected chi connectivity index (χ2v) is 3.21. The van der Waals surface area contributed by atoms with Crippen molar-refractivity contribution in [3.05, 3.63) is 41.7 Å². The first kappa shape index (κ1) is 13.2. The molecule has 0 unspecified atom stereocenters. The Bertz CT molecular complexity index is 275. The van der Waals surface area contributed by atoms with Gasteiger partial charge in [-0.25, -0.2) is 4.39 Å². The third-order valence-corrected chi connectivity index (χ3v) is 2.52. The maximum atomic E-state index is 12.5. The molecule has 0 amide bonds. The first-order valence-electron chi connectivity index (χ1n) is 4.74. The lowest BCUT2D eigenvalue weighted by Gasteiger charge is -2.02. The molecule has 0 aliphatic carbocycles. The maximum absolute atomic E-state index is 12.5. The number of halogens is 1. The van der Waals surface area contributed by atoms with Gasteiger partial charge in [-0.05, 0) is 30.9 Å². The van der Waals surface area contributed by atoms with Crippen LogP contribution in [0, 0.1) is 5.82 Å². The second kappa shape index (κ2) is 7.63. The van der Waals surface area contributed by atoms with Gasteiger partial charge in [0.15, 0.2) is 0 Å². The van der Waals surface area contributed by atoms with Gasteiger partial charge in [-0.15, -0.1) is 11.8 Å². The molecule has 0 saturated carbocycles. The number of rotatable bonds is 2. The lowest BCUT2D eigenvalue weighted by Crippen LogP contribution is -1.79. The zero-order valence-electron chi connectivity index (χ0n) is 9.17. The second-order valence-electron chi connectivity index (χ2n) is 2.36. The van der Waals surface area contributed by atoms with Crippen molar-refractivity contribution in [2.45, 2.75) is 20.8 Å². The molecular weight excluding hydrogens is 195 g/mol. The van der Waals surface area contributed by atoms with Gasteiger partial charge in [0.2, 0.25) is 0 Å². The van der Waals surface area contributed by atoms with Crippen LogP contribution in [-0.2, 0) is 0 Å². The smallest absolute Gasteiger partial charge is 0.123 e. The number of hydrogen-bond donors (Lipinski definition) is 0. The molecule has 0 aromatic heterocycles. The summed E-state index contributed by atoms with van der Waals surface area (Å²) in [7, 11) is 0. The lowest BCUT2D eigenvalue weighted by atomic mass is 10.2. The monoisotopic (exact) mass is 212 g/mol. The van der Waals surface area contributed by atoms with Crippen LogP contribution in [0.25, 0.3) is 4.91 Å². The van der Waals surface area contributed by atoms with Crippen LogP contribution in [0.1, 0.15) is 26.3 Å². The summed E-state index contributed by atoms with van der Waals surface area (Å²) in [6.45, 7) is 5.98. The van der Waals surface area contributed by atoms with E-state index in [0.29, 0.717) is 0 Å². The van der Waals surface area contributed by atoms with Gasteiger partial charge in [0.25, 0.3) is 0 Å². The average molecular weight is 212 g/mol. The summed E-state index contributed by atoms with van der Waals surface area (Å²) in [6.07, 6.45) is 4.04. The molecule has 1 aromatic carbocycles. The summed E-state index contributed by atoms with van der Waals surface area (Å²) in [4.78, 5) is 1.18. The Labute approximate surface area is 90.2 Å². The summed E-state index contributed by atoms with van der Waals surface area (Å²) in [5.41, 5.74) is 1.08. The topological polar surface area (TPSA) is 0 Å². The van der Waals surface area contributed by atoms with E-state index in [-0.39, 0.29) is 5.82 Å². The Hall–Kier alpha value is -0.760. The first-order valence-corrected chi connectivity index (χ1v) is 5.96. The Morgan fingerprint density at radius 3 is 2.07 bits per heavy atom. The van der Waals surface area contributed by atoms with Gasteiger partial charge in [0, 0.05) is 4.91 Å². The molecular formula is C12H17FS. The fourth-order valence-corrected chi connectivity index (χ4v) is 1.62. The van der Waals surface area contributed by atoms with Crippen molar-refractivity contribution < 1.29 is 4.39 Å². The summed E-state index contributed by atoms with van der Waals surface area (Å²) in [5, 5.41) is 0. The van der Waals surface area contributed by atoms with Crippen molar-refractivity contribution in [3.8, 4) is 0 Å². The summed E-state index contributed by atoms with van der Waals surface area (Å²) in [5.74, 6) is -0.185. The minimum Gasteiger partial charge on any atom is -0.207 e. The normalized spacial score (nSPS) is 10.5. The van der Waals surface area contributed by atoms with Crippen molar-refractivity contribution in [1.82, 2.24) is 0 Å². The van der Waals surface area contributed by atoms with Gasteiger partial charge < -0.3 is 0 Å². The van der Waals surface area contributed by atoms with E-state index in [1.807, 2.05) is 33.1 Å². The van der Waals surface area contributed by atoms with E-state index in [1.165, 1.54) is 17.0 Å². The number of allylic oxidation sites excluding steroid dienone is 1. The molecule has 0 heterocycles. The lowest BCUT2D eigenvalue weighted by molar-refractivity contribution is 0.627. The molecule has 78 valence electrons. The summed E-state index contributed by atoms with van der Waals surface area (Å²) < 4.78 is 12.5. The molecule has 0 aliphatic rings. The number of hydrogen-bond acceptors (Lipinski definition) is 1. The van der Waals surface area contributed by atoms with E-state index >= 15 is 0 Å². The molecule has 14 heavy (non-hydrogen) atoms. The highest BCUT2D eigenvalue weighted by atomic mass is 32.2. The molecule has 0 bridgehead atoms. The van der Waals surface area contributed by atoms with Crippen molar-refractivity contribution >= 4 is 16.7 Å². The molecule has 0 nitrogen and oxygen atoms in total. The van der Waals surface area contributed by atoms with E-state index < -0.39 is 0 Å². The highest BCUT2D eigenvalue weighted by Crippen LogP contribution is 2.24. The van der Waals surface area contributed by atoms with E-state index in [1.54, 1.807) is 23.9 Å². The third-order valence-electron chi connectivity index (χ3n) is 1.61. The molecule has 1 rings (SSSR count). The molecule has 0 spiro atoms. The van der Waals surface area contributed by atoms with Crippen molar-refractivity contribution in [1.29, 1.82) is 0 Å². The summed E-state index contributed by atoms with van der Waals surface area (Å²) in [6, 6.07) is 6.55. The van der Waals surface area contributed by atoms with Crippen LogP contribution in [0.2, 0.25) is 0 Å². The van der Waals surface area contributed by atoms with Crippen LogP contribution in [0.3, 0.4) is 0 Å². The Balaban J connectivity index is 0.000000791. The fourth-order valence-electron chi connectivity index (χ4n) is 1.02. The van der Waals surface area contributed by atoms with Crippen LogP contribution >= 0.6 is 11.8 Å². The molecule has 0 N–H and O–H groups in total. The largest absolute Gasteiger partial charge is 0.207 e. The predicted molar refractivity (Wildman–Crippen MR) is 64.9 cm³/mol. The highest BCUT2D eigenvalue weighted by molar-refractivity contribution is 8.07. The van der Waals surface area contributed by atoms with Crippen LogP contribution in [0.4, 0.5) is 4.39 Å². The molecule has 0 fully saturated rings. The molecule has 0 aliphatic heterocycles. The summed E-state index contributed by atoms with van der Waals surface area (Å²) >= 11 is 1.67. The van der Waals surface area contributed by atoms with Crippen LogP contribution in [0.5, 0.6) is 0 Å². The van der Waals surface area contributed by atoms with Gasteiger partial charge in [-0.3, -0.25) is 0 Å². The van der Waals surface area contributed by atoms with Gasteiger partial charge >= 0.3 is 0 Å². The van der Waals surface area contributed by atoms with Crippen LogP contribution in [0.15, 0.2) is 30.3 Å². The molecule has 0 radical (unpaired) electrons. The first-order chi connectivity index (χ1) is 6.77. The third kappa shape index (κ3) is 3.97. The van der Waals surface area contributed by atoms with Gasteiger partial charge in [-0.1, -0.05) is 32.1 Å². The van der Waals surface area contributed by atoms with Crippen LogP contribution in [-0.4, -0.2) is 6.26 Å². The molecule has 1 aromatic rings. The van der Waals surface area contributed by atoms with E-state index in [9.17, 15) is 4.39 Å². The Morgan fingerprint density at radius 2 is 1.71 bits per heavy atom. The van der Waals surface area contributed by atoms with Crippen molar-refractivity contribution in [3.63, 3.8) is 0 Å². The van der Waals surface area contributed by atoms with Crippen molar-refractivity contribution in [2.24, 2.45) is 0 Å². The standard InChI is InChI=1S/C10H11FS.C2H6/c1-3-10(12-2)8-4-6-9(11)7-5-8;1-2/h3-7H,1-2H3;1-2H3/b10-3-;. The zero-order chi connectivity index (χ0) is 11.0. The van der Waals surface area contributed by atoms with Gasteiger partial charge in [0.05, 0.1) is 0 Å². The zero-order valence-corrected chi connectivity index (χ0v) is 9.99. The number of benzene rings is 1. The minimum absolute atomic E-state index is 0.185. The molecule has 0 atom stereocenters.